The van der Waals surface area contributed by atoms with Crippen molar-refractivity contribution in [3.05, 3.63) is 0 Å². The molecule has 2 N–H and O–H groups in total. The Labute approximate surface area is 152 Å². The van der Waals surface area contributed by atoms with Crippen molar-refractivity contribution in [2.75, 3.05) is 13.2 Å². The van der Waals surface area contributed by atoms with Crippen molar-refractivity contribution < 1.29 is 23.9 Å². The number of nitrogens with one attached hydrogen (secondary N) is 2. The fourth-order valence-corrected chi connectivity index (χ4v) is 3.08. The second-order valence-electron chi connectivity index (χ2n) is 6.91. The molecule has 1 saturated heterocycles. The number of nitriles is 1. The van der Waals surface area contributed by atoms with Crippen molar-refractivity contribution in [3.63, 3.8) is 0 Å². The average molecular weight is 364 g/mol. The fourth-order valence-electron chi connectivity index (χ4n) is 3.08. The van der Waals surface area contributed by atoms with Gasteiger partial charge in [0.2, 0.25) is 0 Å². The highest BCUT2D eigenvalue weighted by molar-refractivity contribution is 6.08. The van der Waals surface area contributed by atoms with Crippen LogP contribution in [0.5, 0.6) is 0 Å². The maximum Gasteiger partial charge on any atom is 0.326 e. The number of rotatable bonds is 8. The van der Waals surface area contributed by atoms with E-state index in [0.29, 0.717) is 12.8 Å². The third kappa shape index (κ3) is 3.79. The molecule has 2 fully saturated rings. The molecule has 1 aliphatic heterocycles. The molecule has 0 radical (unpaired) electrons. The van der Waals surface area contributed by atoms with Gasteiger partial charge in [0.1, 0.15) is 17.6 Å². The minimum Gasteiger partial charge on any atom is -0.454 e. The van der Waals surface area contributed by atoms with Gasteiger partial charge in [0, 0.05) is 0 Å². The molecule has 9 nitrogen and oxygen atoms in total. The molecular formula is C17H24N4O5. The molecule has 0 aromatic heterocycles. The van der Waals surface area contributed by atoms with Gasteiger partial charge in [-0.15, -0.1) is 0 Å². The normalized spacial score (nSPS) is 20.8. The molecule has 1 saturated carbocycles. The first-order chi connectivity index (χ1) is 12.2. The molecule has 0 aromatic carbocycles. The lowest BCUT2D eigenvalue weighted by Gasteiger charge is -2.23. The Morgan fingerprint density at radius 3 is 2.46 bits per heavy atom. The van der Waals surface area contributed by atoms with Gasteiger partial charge in [-0.1, -0.05) is 13.8 Å². The van der Waals surface area contributed by atoms with Crippen LogP contribution in [-0.4, -0.2) is 52.9 Å². The van der Waals surface area contributed by atoms with Crippen molar-refractivity contribution in [3.8, 4) is 6.07 Å². The van der Waals surface area contributed by atoms with Crippen LogP contribution in [0.2, 0.25) is 0 Å². The van der Waals surface area contributed by atoms with E-state index in [0.717, 1.165) is 17.7 Å². The zero-order valence-electron chi connectivity index (χ0n) is 15.3. The molecule has 1 aliphatic carbocycles. The van der Waals surface area contributed by atoms with Gasteiger partial charge >= 0.3 is 12.0 Å². The van der Waals surface area contributed by atoms with E-state index in [-0.39, 0.29) is 5.92 Å². The number of nitrogens with zero attached hydrogens (tertiary/aromatic N) is 2. The van der Waals surface area contributed by atoms with Crippen molar-refractivity contribution >= 4 is 23.8 Å². The van der Waals surface area contributed by atoms with Crippen molar-refractivity contribution in [2.24, 2.45) is 5.92 Å². The molecule has 0 spiro atoms. The third-order valence-electron chi connectivity index (χ3n) is 5.13. The van der Waals surface area contributed by atoms with Crippen LogP contribution in [0.4, 0.5) is 4.79 Å². The predicted molar refractivity (Wildman–Crippen MR) is 89.4 cm³/mol. The second-order valence-corrected chi connectivity index (χ2v) is 6.91. The SMILES string of the molecule is CCC1(CC)NC(=O)N(CC(=O)OCC(=O)N[C@@](C)(C#N)C2CC2)C1=O. The number of imide groups is 1. The number of carbonyl (C=O) groups excluding carboxylic acids is 4. The van der Waals surface area contributed by atoms with E-state index in [1.807, 2.05) is 0 Å². The summed E-state index contributed by atoms with van der Waals surface area (Å²) in [5.41, 5.74) is -1.97. The highest BCUT2D eigenvalue weighted by atomic mass is 16.5. The zero-order chi connectivity index (χ0) is 19.5. The number of carbonyl (C=O) groups is 4. The highest BCUT2D eigenvalue weighted by Gasteiger charge is 2.49. The number of hydrogen-bond acceptors (Lipinski definition) is 6. The van der Waals surface area contributed by atoms with Gasteiger partial charge in [-0.3, -0.25) is 19.3 Å². The minimum absolute atomic E-state index is 0.106. The molecule has 1 heterocycles. The van der Waals surface area contributed by atoms with Crippen LogP contribution in [-0.2, 0) is 19.1 Å². The summed E-state index contributed by atoms with van der Waals surface area (Å²) in [4.78, 5) is 49.0. The van der Waals surface area contributed by atoms with E-state index in [1.165, 1.54) is 0 Å². The smallest absolute Gasteiger partial charge is 0.326 e. The van der Waals surface area contributed by atoms with Crippen LogP contribution in [0, 0.1) is 17.2 Å². The Kier molecular flexibility index (Phi) is 5.54. The van der Waals surface area contributed by atoms with Gasteiger partial charge in [-0.25, -0.2) is 4.79 Å². The molecule has 2 rings (SSSR count). The lowest BCUT2D eigenvalue weighted by atomic mass is 9.93. The second kappa shape index (κ2) is 7.32. The molecule has 26 heavy (non-hydrogen) atoms. The molecule has 9 heteroatoms. The van der Waals surface area contributed by atoms with Crippen molar-refractivity contribution in [2.45, 2.75) is 57.5 Å². The molecule has 0 bridgehead atoms. The van der Waals surface area contributed by atoms with Gasteiger partial charge in [0.05, 0.1) is 6.07 Å². The molecular weight excluding hydrogens is 340 g/mol. The molecule has 1 atom stereocenters. The van der Waals surface area contributed by atoms with Crippen LogP contribution in [0.1, 0.15) is 46.5 Å². The molecule has 142 valence electrons. The number of urea groups is 1. The summed E-state index contributed by atoms with van der Waals surface area (Å²) in [6.45, 7) is 4.06. The Hall–Kier alpha value is -2.63. The Morgan fingerprint density at radius 1 is 1.38 bits per heavy atom. The van der Waals surface area contributed by atoms with Crippen LogP contribution in [0.25, 0.3) is 0 Å². The van der Waals surface area contributed by atoms with Crippen LogP contribution in [0.15, 0.2) is 0 Å². The lowest BCUT2D eigenvalue weighted by Crippen LogP contribution is -2.48. The lowest BCUT2D eigenvalue weighted by molar-refractivity contribution is -0.151. The van der Waals surface area contributed by atoms with E-state index in [1.54, 1.807) is 20.8 Å². The predicted octanol–water partition coefficient (Wildman–Crippen LogP) is 0.449. The molecule has 4 amide bonds. The summed E-state index contributed by atoms with van der Waals surface area (Å²) in [5, 5.41) is 14.4. The monoisotopic (exact) mass is 364 g/mol. The fraction of sp³-hybridized carbons (Fsp3) is 0.706. The standard InChI is InChI=1S/C17H24N4O5/c1-4-17(5-2)14(24)21(15(25)20-17)8-13(23)26-9-12(22)19-16(3,10-18)11-6-7-11/h11H,4-9H2,1-3H3,(H,19,22)(H,20,25)/t16-/m0/s1. The quantitative estimate of drug-likeness (QED) is 0.475. The van der Waals surface area contributed by atoms with Gasteiger partial charge in [0.15, 0.2) is 6.61 Å². The maximum atomic E-state index is 12.4. The van der Waals surface area contributed by atoms with Crippen LogP contribution in [0.3, 0.4) is 0 Å². The molecule has 0 unspecified atom stereocenters. The summed E-state index contributed by atoms with van der Waals surface area (Å²) < 4.78 is 4.85. The average Bonchev–Trinajstić information content (AvgIpc) is 3.44. The van der Waals surface area contributed by atoms with E-state index in [2.05, 4.69) is 16.7 Å². The van der Waals surface area contributed by atoms with Gasteiger partial charge in [0.25, 0.3) is 11.8 Å². The van der Waals surface area contributed by atoms with E-state index in [4.69, 9.17) is 4.74 Å². The van der Waals surface area contributed by atoms with Gasteiger partial charge < -0.3 is 15.4 Å². The van der Waals surface area contributed by atoms with Crippen molar-refractivity contribution in [1.82, 2.24) is 15.5 Å². The molecule has 2 aliphatic rings. The number of amides is 4. The first-order valence-electron chi connectivity index (χ1n) is 8.73. The van der Waals surface area contributed by atoms with E-state index in [9.17, 15) is 24.4 Å². The topological polar surface area (TPSA) is 129 Å². The van der Waals surface area contributed by atoms with Gasteiger partial charge in [-0.2, -0.15) is 5.26 Å². The third-order valence-corrected chi connectivity index (χ3v) is 5.13. The summed E-state index contributed by atoms with van der Waals surface area (Å²) in [6, 6.07) is 1.43. The summed E-state index contributed by atoms with van der Waals surface area (Å²) in [5.74, 6) is -1.83. The number of hydrogen-bond donors (Lipinski definition) is 2. The largest absolute Gasteiger partial charge is 0.454 e. The summed E-state index contributed by atoms with van der Waals surface area (Å²) in [7, 11) is 0. The van der Waals surface area contributed by atoms with Crippen LogP contribution >= 0.6 is 0 Å². The van der Waals surface area contributed by atoms with Gasteiger partial charge in [-0.05, 0) is 38.5 Å². The minimum atomic E-state index is -0.992. The number of ether oxygens (including phenoxy) is 1. The Morgan fingerprint density at radius 2 is 2.00 bits per heavy atom. The first-order valence-corrected chi connectivity index (χ1v) is 8.73. The Bertz CT molecular complexity index is 663. The first kappa shape index (κ1) is 19.7. The molecule has 0 aromatic rings. The zero-order valence-corrected chi connectivity index (χ0v) is 15.3. The number of esters is 1. The van der Waals surface area contributed by atoms with Crippen molar-refractivity contribution in [1.29, 1.82) is 5.26 Å². The van der Waals surface area contributed by atoms with E-state index < -0.39 is 48.0 Å². The maximum absolute atomic E-state index is 12.4. The highest BCUT2D eigenvalue weighted by Crippen LogP contribution is 2.39. The Balaban J connectivity index is 1.85. The van der Waals surface area contributed by atoms with E-state index >= 15 is 0 Å². The summed E-state index contributed by atoms with van der Waals surface area (Å²) >= 11 is 0. The summed E-state index contributed by atoms with van der Waals surface area (Å²) in [6.07, 6.45) is 2.56. The van der Waals surface area contributed by atoms with Crippen LogP contribution < -0.4 is 10.6 Å².